The fraction of sp³-hybridized carbons (Fsp3) is 0.0714. The second-order valence-corrected chi connectivity index (χ2v) is 5.46. The van der Waals surface area contributed by atoms with Gasteiger partial charge in [0, 0.05) is 11.8 Å². The number of nitrogens with one attached hydrogen (secondary N) is 2. The maximum absolute atomic E-state index is 12.7. The second-order valence-electron chi connectivity index (χ2n) is 4.09. The predicted octanol–water partition coefficient (Wildman–Crippen LogP) is 2.43. The molecule has 2 aromatic rings. The lowest BCUT2D eigenvalue weighted by atomic mass is 10.2. The normalized spacial score (nSPS) is 10.1. The summed E-state index contributed by atoms with van der Waals surface area (Å²) in [5, 5.41) is 0.986. The van der Waals surface area contributed by atoms with Crippen LogP contribution in [0.3, 0.4) is 0 Å². The number of carbonyl (C=O) groups is 2. The van der Waals surface area contributed by atoms with Crippen molar-refractivity contribution >= 4 is 35.2 Å². The number of aromatic nitrogens is 1. The molecule has 0 unspecified atom stereocenters. The van der Waals surface area contributed by atoms with Crippen LogP contribution in [0.15, 0.2) is 47.6 Å². The maximum atomic E-state index is 12.7. The summed E-state index contributed by atoms with van der Waals surface area (Å²) in [6.45, 7) is 0. The van der Waals surface area contributed by atoms with Crippen molar-refractivity contribution in [1.29, 1.82) is 0 Å². The molecule has 2 N–H and O–H groups in total. The highest BCUT2D eigenvalue weighted by atomic mass is 35.5. The van der Waals surface area contributed by atoms with Crippen LogP contribution in [0.5, 0.6) is 0 Å². The summed E-state index contributed by atoms with van der Waals surface area (Å²) in [5.41, 5.74) is 4.74. The Morgan fingerprint density at radius 1 is 1.18 bits per heavy atom. The molecule has 0 aliphatic heterocycles. The lowest BCUT2D eigenvalue weighted by Crippen LogP contribution is -2.42. The SMILES string of the molecule is O=C(CSc1ncccc1Cl)NNC(=O)c1ccc(F)cc1. The molecule has 22 heavy (non-hydrogen) atoms. The molecule has 0 saturated heterocycles. The first-order valence-corrected chi connectivity index (χ1v) is 7.50. The zero-order chi connectivity index (χ0) is 15.9. The van der Waals surface area contributed by atoms with E-state index in [0.29, 0.717) is 10.0 Å². The fourth-order valence-electron chi connectivity index (χ4n) is 1.45. The van der Waals surface area contributed by atoms with Gasteiger partial charge in [-0.2, -0.15) is 0 Å². The molecule has 1 heterocycles. The van der Waals surface area contributed by atoms with Gasteiger partial charge >= 0.3 is 0 Å². The first-order chi connectivity index (χ1) is 10.6. The smallest absolute Gasteiger partial charge is 0.269 e. The van der Waals surface area contributed by atoms with Gasteiger partial charge in [-0.3, -0.25) is 20.4 Å². The minimum absolute atomic E-state index is 0.0421. The molecule has 2 rings (SSSR count). The van der Waals surface area contributed by atoms with Crippen LogP contribution in [-0.2, 0) is 4.79 Å². The number of rotatable bonds is 4. The van der Waals surface area contributed by atoms with E-state index in [9.17, 15) is 14.0 Å². The van der Waals surface area contributed by atoms with E-state index in [2.05, 4.69) is 15.8 Å². The summed E-state index contributed by atoms with van der Waals surface area (Å²) in [6.07, 6.45) is 1.57. The number of hydrazine groups is 1. The number of nitrogens with zero attached hydrogens (tertiary/aromatic N) is 1. The van der Waals surface area contributed by atoms with Crippen LogP contribution in [0, 0.1) is 5.82 Å². The van der Waals surface area contributed by atoms with E-state index >= 15 is 0 Å². The average molecular weight is 340 g/mol. The zero-order valence-corrected chi connectivity index (χ0v) is 12.7. The summed E-state index contributed by atoms with van der Waals surface area (Å²) in [5.74, 6) is -1.35. The van der Waals surface area contributed by atoms with E-state index in [-0.39, 0.29) is 11.3 Å². The first-order valence-electron chi connectivity index (χ1n) is 6.14. The maximum Gasteiger partial charge on any atom is 0.269 e. The first kappa shape index (κ1) is 16.3. The second kappa shape index (κ2) is 7.77. The molecule has 0 bridgehead atoms. The minimum atomic E-state index is -0.533. The van der Waals surface area contributed by atoms with E-state index in [1.165, 1.54) is 12.1 Å². The Morgan fingerprint density at radius 3 is 2.59 bits per heavy atom. The molecule has 0 atom stereocenters. The van der Waals surface area contributed by atoms with Crippen molar-refractivity contribution in [2.75, 3.05) is 5.75 Å². The van der Waals surface area contributed by atoms with Gasteiger partial charge in [0.2, 0.25) is 5.91 Å². The highest BCUT2D eigenvalue weighted by Gasteiger charge is 2.09. The molecule has 5 nitrogen and oxygen atoms in total. The Morgan fingerprint density at radius 2 is 1.91 bits per heavy atom. The Kier molecular flexibility index (Phi) is 5.74. The molecular weight excluding hydrogens is 329 g/mol. The number of hydrogen-bond acceptors (Lipinski definition) is 4. The number of halogens is 2. The number of amides is 2. The van der Waals surface area contributed by atoms with Crippen molar-refractivity contribution < 1.29 is 14.0 Å². The zero-order valence-electron chi connectivity index (χ0n) is 11.2. The van der Waals surface area contributed by atoms with Crippen LogP contribution < -0.4 is 10.9 Å². The van der Waals surface area contributed by atoms with Crippen molar-refractivity contribution in [3.63, 3.8) is 0 Å². The largest absolute Gasteiger partial charge is 0.272 e. The molecule has 1 aromatic heterocycles. The molecular formula is C14H11ClFN3O2S. The van der Waals surface area contributed by atoms with Gasteiger partial charge in [-0.05, 0) is 36.4 Å². The highest BCUT2D eigenvalue weighted by Crippen LogP contribution is 2.23. The van der Waals surface area contributed by atoms with Gasteiger partial charge in [0.1, 0.15) is 10.8 Å². The van der Waals surface area contributed by atoms with Crippen molar-refractivity contribution in [3.05, 3.63) is 59.0 Å². The van der Waals surface area contributed by atoms with Gasteiger partial charge in [-0.15, -0.1) is 0 Å². The molecule has 1 aromatic carbocycles. The summed E-state index contributed by atoms with van der Waals surface area (Å²) in [6, 6.07) is 8.32. The average Bonchev–Trinajstić information content (AvgIpc) is 2.52. The van der Waals surface area contributed by atoms with E-state index in [0.717, 1.165) is 23.9 Å². The number of thioether (sulfide) groups is 1. The summed E-state index contributed by atoms with van der Waals surface area (Å²) < 4.78 is 12.7. The lowest BCUT2D eigenvalue weighted by molar-refractivity contribution is -0.119. The Hall–Kier alpha value is -2.12. The molecule has 2 amide bonds. The van der Waals surface area contributed by atoms with Crippen LogP contribution in [0.25, 0.3) is 0 Å². The lowest BCUT2D eigenvalue weighted by Gasteiger charge is -2.07. The molecule has 0 fully saturated rings. The molecule has 0 spiro atoms. The van der Waals surface area contributed by atoms with Gasteiger partial charge in [-0.1, -0.05) is 23.4 Å². The minimum Gasteiger partial charge on any atom is -0.272 e. The van der Waals surface area contributed by atoms with Gasteiger partial charge in [0.05, 0.1) is 10.8 Å². The predicted molar refractivity (Wildman–Crippen MR) is 82.0 cm³/mol. The van der Waals surface area contributed by atoms with Gasteiger partial charge < -0.3 is 0 Å². The van der Waals surface area contributed by atoms with Crippen LogP contribution in [0.4, 0.5) is 4.39 Å². The van der Waals surface area contributed by atoms with Gasteiger partial charge in [0.25, 0.3) is 5.91 Å². The Labute approximate surface area is 135 Å². The molecule has 8 heteroatoms. The number of carbonyl (C=O) groups excluding carboxylic acids is 2. The van der Waals surface area contributed by atoms with Crippen molar-refractivity contribution in [1.82, 2.24) is 15.8 Å². The fourth-order valence-corrected chi connectivity index (χ4v) is 2.41. The third kappa shape index (κ3) is 4.71. The van der Waals surface area contributed by atoms with E-state index in [4.69, 9.17) is 11.6 Å². The van der Waals surface area contributed by atoms with Crippen LogP contribution in [0.1, 0.15) is 10.4 Å². The highest BCUT2D eigenvalue weighted by molar-refractivity contribution is 8.00. The van der Waals surface area contributed by atoms with Crippen molar-refractivity contribution in [3.8, 4) is 0 Å². The van der Waals surface area contributed by atoms with Crippen LogP contribution in [0.2, 0.25) is 5.02 Å². The molecule has 0 aliphatic rings. The van der Waals surface area contributed by atoms with Crippen molar-refractivity contribution in [2.45, 2.75) is 5.03 Å². The number of hydrogen-bond donors (Lipinski definition) is 2. The molecule has 114 valence electrons. The summed E-state index contributed by atoms with van der Waals surface area (Å²) >= 11 is 7.06. The van der Waals surface area contributed by atoms with E-state index < -0.39 is 17.6 Å². The summed E-state index contributed by atoms with van der Waals surface area (Å²) in [7, 11) is 0. The Bertz CT molecular complexity index is 682. The third-order valence-corrected chi connectivity index (χ3v) is 3.91. The van der Waals surface area contributed by atoms with Gasteiger partial charge in [-0.25, -0.2) is 9.37 Å². The molecule has 0 radical (unpaired) electrons. The monoisotopic (exact) mass is 339 g/mol. The third-order valence-electron chi connectivity index (χ3n) is 2.49. The van der Waals surface area contributed by atoms with Crippen LogP contribution in [-0.4, -0.2) is 22.6 Å². The molecule has 0 saturated carbocycles. The summed E-state index contributed by atoms with van der Waals surface area (Å²) in [4.78, 5) is 27.4. The number of benzene rings is 1. The topological polar surface area (TPSA) is 71.1 Å². The van der Waals surface area contributed by atoms with Crippen molar-refractivity contribution in [2.24, 2.45) is 0 Å². The quantitative estimate of drug-likeness (QED) is 0.663. The van der Waals surface area contributed by atoms with Crippen LogP contribution >= 0.6 is 23.4 Å². The Balaban J connectivity index is 1.79. The van der Waals surface area contributed by atoms with Gasteiger partial charge in [0.15, 0.2) is 0 Å². The standard InChI is InChI=1S/C14H11ClFN3O2S/c15-11-2-1-7-17-14(11)22-8-12(20)18-19-13(21)9-3-5-10(16)6-4-9/h1-7H,8H2,(H,18,20)(H,19,21). The number of pyridine rings is 1. The van der Waals surface area contributed by atoms with E-state index in [1.54, 1.807) is 18.3 Å². The molecule has 0 aliphatic carbocycles. The van der Waals surface area contributed by atoms with E-state index in [1.807, 2.05) is 0 Å².